The smallest absolute Gasteiger partial charge is 0.234 e. The van der Waals surface area contributed by atoms with Gasteiger partial charge in [-0.15, -0.1) is 10.2 Å². The topological polar surface area (TPSA) is 59.3 Å². The van der Waals surface area contributed by atoms with Crippen molar-refractivity contribution in [3.63, 3.8) is 0 Å². The number of rotatable bonds is 4. The number of nitrogens with zero attached hydrogens (tertiary/aromatic N) is 3. The number of carbonyl (C=O) groups is 1. The lowest BCUT2D eigenvalue weighted by molar-refractivity contribution is -0.113. The largest absolute Gasteiger partial charge is 0.325 e. The summed E-state index contributed by atoms with van der Waals surface area (Å²) >= 11 is 19.3. The molecule has 3 rings (SSSR count). The monoisotopic (exact) mass is 400 g/mol. The zero-order chi connectivity index (χ0) is 17.3. The fourth-order valence-corrected chi connectivity index (χ4v) is 3.40. The summed E-state index contributed by atoms with van der Waals surface area (Å²) in [5.41, 5.74) is 2.09. The van der Waals surface area contributed by atoms with E-state index in [0.29, 0.717) is 31.6 Å². The fraction of sp³-hybridized carbons (Fsp3) is 0.133. The van der Waals surface area contributed by atoms with Gasteiger partial charge in [0, 0.05) is 16.9 Å². The molecule has 1 aromatic carbocycles. The molecule has 0 saturated heterocycles. The molecule has 1 N–H and O–H groups in total. The van der Waals surface area contributed by atoms with Crippen molar-refractivity contribution < 1.29 is 4.79 Å². The number of benzene rings is 1. The molecule has 0 spiro atoms. The minimum Gasteiger partial charge on any atom is -0.325 e. The Bertz CT molecular complexity index is 928. The quantitative estimate of drug-likeness (QED) is 0.642. The average molecular weight is 402 g/mol. The molecule has 0 aliphatic carbocycles. The van der Waals surface area contributed by atoms with Crippen molar-refractivity contribution in [3.8, 4) is 0 Å². The molecule has 2 aromatic heterocycles. The van der Waals surface area contributed by atoms with Gasteiger partial charge in [0.1, 0.15) is 0 Å². The molecule has 9 heteroatoms. The number of halogens is 3. The van der Waals surface area contributed by atoms with E-state index in [1.807, 2.05) is 13.0 Å². The van der Waals surface area contributed by atoms with Crippen molar-refractivity contribution in [2.75, 3.05) is 11.1 Å². The van der Waals surface area contributed by atoms with Crippen molar-refractivity contribution in [1.29, 1.82) is 0 Å². The zero-order valence-corrected chi connectivity index (χ0v) is 15.5. The van der Waals surface area contributed by atoms with E-state index in [4.69, 9.17) is 34.8 Å². The van der Waals surface area contributed by atoms with Crippen LogP contribution in [0.25, 0.3) is 5.65 Å². The fourth-order valence-electron chi connectivity index (χ4n) is 2.00. The highest BCUT2D eigenvalue weighted by Gasteiger charge is 2.12. The van der Waals surface area contributed by atoms with Gasteiger partial charge in [0.25, 0.3) is 0 Å². The van der Waals surface area contributed by atoms with E-state index in [1.165, 1.54) is 11.8 Å². The third kappa shape index (κ3) is 3.78. The van der Waals surface area contributed by atoms with Crippen LogP contribution in [0.3, 0.4) is 0 Å². The van der Waals surface area contributed by atoms with Gasteiger partial charge in [-0.1, -0.05) is 52.6 Å². The lowest BCUT2D eigenvalue weighted by Crippen LogP contribution is -2.14. The highest BCUT2D eigenvalue weighted by Crippen LogP contribution is 2.25. The SMILES string of the molecule is Cc1ccc(NC(=O)CSc2nnc3c(Cl)cc(Cl)cn23)cc1Cl. The lowest BCUT2D eigenvalue weighted by atomic mass is 10.2. The van der Waals surface area contributed by atoms with Crippen molar-refractivity contribution >= 4 is 63.8 Å². The van der Waals surface area contributed by atoms with Gasteiger partial charge in [0.05, 0.1) is 15.8 Å². The van der Waals surface area contributed by atoms with E-state index in [0.717, 1.165) is 5.56 Å². The maximum absolute atomic E-state index is 12.1. The van der Waals surface area contributed by atoms with E-state index in [9.17, 15) is 4.79 Å². The van der Waals surface area contributed by atoms with Crippen molar-refractivity contribution in [1.82, 2.24) is 14.6 Å². The minimum absolute atomic E-state index is 0.163. The number of pyridine rings is 1. The Morgan fingerprint density at radius 3 is 2.75 bits per heavy atom. The highest BCUT2D eigenvalue weighted by molar-refractivity contribution is 7.99. The summed E-state index contributed by atoms with van der Waals surface area (Å²) in [6.07, 6.45) is 1.66. The van der Waals surface area contributed by atoms with Crippen LogP contribution in [0.5, 0.6) is 0 Å². The van der Waals surface area contributed by atoms with Crippen LogP contribution < -0.4 is 5.32 Å². The van der Waals surface area contributed by atoms with E-state index < -0.39 is 0 Å². The van der Waals surface area contributed by atoms with Crippen molar-refractivity contribution in [3.05, 3.63) is 51.1 Å². The van der Waals surface area contributed by atoms with Crippen LogP contribution >= 0.6 is 46.6 Å². The first kappa shape index (κ1) is 17.4. The summed E-state index contributed by atoms with van der Waals surface area (Å²) in [6, 6.07) is 6.96. The lowest BCUT2D eigenvalue weighted by Gasteiger charge is -2.06. The molecular weight excluding hydrogens is 391 g/mol. The number of hydrogen-bond acceptors (Lipinski definition) is 4. The molecule has 0 radical (unpaired) electrons. The maximum atomic E-state index is 12.1. The normalized spacial score (nSPS) is 11.0. The first-order chi connectivity index (χ1) is 11.4. The third-order valence-corrected chi connectivity index (χ3v) is 5.02. The summed E-state index contributed by atoms with van der Waals surface area (Å²) in [6.45, 7) is 1.90. The molecule has 1 amide bonds. The van der Waals surface area contributed by atoms with Gasteiger partial charge in [-0.2, -0.15) is 0 Å². The van der Waals surface area contributed by atoms with E-state index in [1.54, 1.807) is 28.8 Å². The Labute approximate surface area is 157 Å². The predicted octanol–water partition coefficient (Wildman–Crippen LogP) is 4.73. The van der Waals surface area contributed by atoms with Crippen LogP contribution in [0, 0.1) is 6.92 Å². The number of anilines is 1. The molecule has 0 atom stereocenters. The highest BCUT2D eigenvalue weighted by atomic mass is 35.5. The number of thioether (sulfide) groups is 1. The van der Waals surface area contributed by atoms with Crippen LogP contribution in [0.4, 0.5) is 5.69 Å². The molecule has 0 aliphatic heterocycles. The maximum Gasteiger partial charge on any atom is 0.234 e. The first-order valence-electron chi connectivity index (χ1n) is 6.82. The average Bonchev–Trinajstić information content (AvgIpc) is 2.92. The number of nitrogens with one attached hydrogen (secondary N) is 1. The second-order valence-electron chi connectivity index (χ2n) is 4.98. The number of fused-ring (bicyclic) bond motifs is 1. The van der Waals surface area contributed by atoms with E-state index >= 15 is 0 Å². The molecule has 3 aromatic rings. The first-order valence-corrected chi connectivity index (χ1v) is 8.94. The van der Waals surface area contributed by atoms with Crippen LogP contribution in [0.15, 0.2) is 35.6 Å². The molecular formula is C15H11Cl3N4OS. The molecule has 0 bridgehead atoms. The van der Waals surface area contributed by atoms with E-state index in [2.05, 4.69) is 15.5 Å². The number of hydrogen-bond donors (Lipinski definition) is 1. The number of carbonyl (C=O) groups excluding carboxylic acids is 1. The summed E-state index contributed by atoms with van der Waals surface area (Å²) in [4.78, 5) is 12.1. The van der Waals surface area contributed by atoms with Crippen LogP contribution in [-0.2, 0) is 4.79 Å². The second-order valence-corrected chi connectivity index (χ2v) is 7.18. The summed E-state index contributed by atoms with van der Waals surface area (Å²) < 4.78 is 1.66. The summed E-state index contributed by atoms with van der Waals surface area (Å²) in [7, 11) is 0. The summed E-state index contributed by atoms with van der Waals surface area (Å²) in [5.74, 6) is -0.0130. The second kappa shape index (κ2) is 7.19. The van der Waals surface area contributed by atoms with Gasteiger partial charge in [0.15, 0.2) is 10.8 Å². The van der Waals surface area contributed by atoms with Gasteiger partial charge < -0.3 is 5.32 Å². The number of amides is 1. The van der Waals surface area contributed by atoms with Crippen molar-refractivity contribution in [2.24, 2.45) is 0 Å². The molecule has 0 aliphatic rings. The molecule has 24 heavy (non-hydrogen) atoms. The van der Waals surface area contributed by atoms with Gasteiger partial charge >= 0.3 is 0 Å². The third-order valence-electron chi connectivity index (χ3n) is 3.18. The Morgan fingerprint density at radius 2 is 2.00 bits per heavy atom. The molecule has 2 heterocycles. The summed E-state index contributed by atoms with van der Waals surface area (Å²) in [5, 5.41) is 12.8. The minimum atomic E-state index is -0.176. The van der Waals surface area contributed by atoms with E-state index in [-0.39, 0.29) is 11.7 Å². The standard InChI is InChI=1S/C15H11Cl3N4OS/c1-8-2-3-10(5-11(8)17)19-13(23)7-24-15-21-20-14-12(18)4-9(16)6-22(14)15/h2-6H,7H2,1H3,(H,19,23). The van der Waals surface area contributed by atoms with Crippen LogP contribution in [0.2, 0.25) is 15.1 Å². The van der Waals surface area contributed by atoms with Crippen molar-refractivity contribution in [2.45, 2.75) is 12.1 Å². The number of aromatic nitrogens is 3. The molecule has 124 valence electrons. The van der Waals surface area contributed by atoms with Crippen LogP contribution in [0.1, 0.15) is 5.56 Å². The molecule has 0 unspecified atom stereocenters. The van der Waals surface area contributed by atoms with Gasteiger partial charge in [-0.05, 0) is 30.7 Å². The Kier molecular flexibility index (Phi) is 5.20. The Morgan fingerprint density at radius 1 is 1.21 bits per heavy atom. The number of aryl methyl sites for hydroxylation is 1. The van der Waals surface area contributed by atoms with Gasteiger partial charge in [-0.3, -0.25) is 9.20 Å². The molecule has 5 nitrogen and oxygen atoms in total. The Balaban J connectivity index is 1.69. The van der Waals surface area contributed by atoms with Crippen LogP contribution in [-0.4, -0.2) is 26.3 Å². The zero-order valence-electron chi connectivity index (χ0n) is 12.4. The van der Waals surface area contributed by atoms with Gasteiger partial charge in [-0.25, -0.2) is 0 Å². The molecule has 0 fully saturated rings. The van der Waals surface area contributed by atoms with Gasteiger partial charge in [0.2, 0.25) is 5.91 Å². The predicted molar refractivity (Wildman–Crippen MR) is 98.5 cm³/mol. The molecule has 0 saturated carbocycles. The Hall–Kier alpha value is -1.47.